The van der Waals surface area contributed by atoms with Gasteiger partial charge in [-0.1, -0.05) is 18.5 Å². The van der Waals surface area contributed by atoms with E-state index in [0.29, 0.717) is 10.7 Å². The molecule has 0 aromatic heterocycles. The van der Waals surface area contributed by atoms with Gasteiger partial charge in [-0.3, -0.25) is 4.90 Å². The maximum absolute atomic E-state index is 6.10. The first-order valence-electron chi connectivity index (χ1n) is 6.23. The minimum Gasteiger partial charge on any atom is -0.399 e. The number of nitrogens with zero attached hydrogens (tertiary/aromatic N) is 1. The average molecular weight is 254 g/mol. The number of nitrogens with one attached hydrogen (secondary N) is 1. The molecule has 3 nitrogen and oxygen atoms in total. The molecule has 0 atom stereocenters. The fraction of sp³-hybridized carbons (Fsp3) is 0.538. The molecule has 0 saturated heterocycles. The van der Waals surface area contributed by atoms with E-state index in [1.807, 2.05) is 12.1 Å². The summed E-state index contributed by atoms with van der Waals surface area (Å²) in [6.07, 6.45) is 2.72. The van der Waals surface area contributed by atoms with Crippen LogP contribution in [-0.4, -0.2) is 30.6 Å². The summed E-state index contributed by atoms with van der Waals surface area (Å²) < 4.78 is 0. The normalized spacial score (nSPS) is 15.2. The number of likely N-dealkylation sites (N-methyl/N-ethyl adjacent to an activating group) is 1. The standard InChI is InChI=1S/C13H20ClN3/c1-2-17(11-4-5-11)8-7-16-13-6-3-10(15)9-12(13)14/h3,6,9,11,16H,2,4-5,7-8,15H2,1H3. The molecule has 17 heavy (non-hydrogen) atoms. The number of benzene rings is 1. The maximum atomic E-state index is 6.10. The SMILES string of the molecule is CCN(CCNc1ccc(N)cc1Cl)C1CC1. The Morgan fingerprint density at radius 2 is 2.24 bits per heavy atom. The van der Waals surface area contributed by atoms with Crippen molar-refractivity contribution >= 4 is 23.0 Å². The summed E-state index contributed by atoms with van der Waals surface area (Å²) in [6, 6.07) is 6.41. The third kappa shape index (κ3) is 3.51. The van der Waals surface area contributed by atoms with Gasteiger partial charge in [-0.25, -0.2) is 0 Å². The van der Waals surface area contributed by atoms with Gasteiger partial charge in [0.15, 0.2) is 0 Å². The van der Waals surface area contributed by atoms with E-state index in [-0.39, 0.29) is 0 Å². The molecule has 0 unspecified atom stereocenters. The molecule has 0 heterocycles. The number of nitrogens with two attached hydrogens (primary N) is 1. The van der Waals surface area contributed by atoms with Crippen LogP contribution in [0.1, 0.15) is 19.8 Å². The van der Waals surface area contributed by atoms with Crippen LogP contribution in [0.4, 0.5) is 11.4 Å². The van der Waals surface area contributed by atoms with E-state index in [0.717, 1.165) is 31.4 Å². The molecule has 1 saturated carbocycles. The van der Waals surface area contributed by atoms with Crippen molar-refractivity contribution in [3.63, 3.8) is 0 Å². The topological polar surface area (TPSA) is 41.3 Å². The van der Waals surface area contributed by atoms with E-state index in [1.165, 1.54) is 12.8 Å². The van der Waals surface area contributed by atoms with Crippen LogP contribution in [-0.2, 0) is 0 Å². The Hall–Kier alpha value is -0.930. The smallest absolute Gasteiger partial charge is 0.0657 e. The minimum absolute atomic E-state index is 0.694. The molecular formula is C13H20ClN3. The largest absolute Gasteiger partial charge is 0.399 e. The van der Waals surface area contributed by atoms with Gasteiger partial charge in [-0.15, -0.1) is 0 Å². The summed E-state index contributed by atoms with van der Waals surface area (Å²) in [7, 11) is 0. The quantitative estimate of drug-likeness (QED) is 0.766. The zero-order valence-electron chi connectivity index (χ0n) is 10.2. The van der Waals surface area contributed by atoms with Crippen molar-refractivity contribution in [2.45, 2.75) is 25.8 Å². The summed E-state index contributed by atoms with van der Waals surface area (Å²) in [5.74, 6) is 0. The zero-order valence-corrected chi connectivity index (χ0v) is 11.0. The highest BCUT2D eigenvalue weighted by Gasteiger charge is 2.27. The molecule has 1 aromatic carbocycles. The molecule has 0 amide bonds. The van der Waals surface area contributed by atoms with Gasteiger partial charge in [0.2, 0.25) is 0 Å². The lowest BCUT2D eigenvalue weighted by Crippen LogP contribution is -2.30. The molecule has 1 aromatic rings. The Labute approximate surface area is 108 Å². The summed E-state index contributed by atoms with van der Waals surface area (Å²) in [6.45, 7) is 5.34. The van der Waals surface area contributed by atoms with E-state index in [9.17, 15) is 0 Å². The molecule has 1 fully saturated rings. The average Bonchev–Trinajstić information content (AvgIpc) is 3.11. The van der Waals surface area contributed by atoms with Crippen molar-refractivity contribution in [2.24, 2.45) is 0 Å². The van der Waals surface area contributed by atoms with Gasteiger partial charge >= 0.3 is 0 Å². The summed E-state index contributed by atoms with van der Waals surface area (Å²) in [5.41, 5.74) is 7.32. The first kappa shape index (κ1) is 12.5. The van der Waals surface area contributed by atoms with Gasteiger partial charge in [0.05, 0.1) is 10.7 Å². The predicted octanol–water partition coefficient (Wildman–Crippen LogP) is 2.82. The van der Waals surface area contributed by atoms with Gasteiger partial charge in [0.1, 0.15) is 0 Å². The molecule has 4 heteroatoms. The number of nitrogen functional groups attached to an aromatic ring is 1. The maximum Gasteiger partial charge on any atom is 0.0657 e. The first-order chi connectivity index (χ1) is 8.20. The van der Waals surface area contributed by atoms with Crippen LogP contribution < -0.4 is 11.1 Å². The zero-order chi connectivity index (χ0) is 12.3. The number of hydrogen-bond acceptors (Lipinski definition) is 3. The highest BCUT2D eigenvalue weighted by molar-refractivity contribution is 6.33. The lowest BCUT2D eigenvalue weighted by Gasteiger charge is -2.20. The van der Waals surface area contributed by atoms with Gasteiger partial charge in [-0.2, -0.15) is 0 Å². The van der Waals surface area contributed by atoms with Crippen LogP contribution in [0.5, 0.6) is 0 Å². The first-order valence-corrected chi connectivity index (χ1v) is 6.61. The van der Waals surface area contributed by atoms with Gasteiger partial charge in [0, 0.05) is 24.8 Å². The van der Waals surface area contributed by atoms with Gasteiger partial charge in [0.25, 0.3) is 0 Å². The van der Waals surface area contributed by atoms with Crippen LogP contribution in [0.15, 0.2) is 18.2 Å². The Kier molecular flexibility index (Phi) is 4.13. The third-order valence-electron chi connectivity index (χ3n) is 3.18. The Bertz CT molecular complexity index is 377. The Morgan fingerprint density at radius 3 is 2.82 bits per heavy atom. The molecule has 3 N–H and O–H groups in total. The van der Waals surface area contributed by atoms with Gasteiger partial charge < -0.3 is 11.1 Å². The Morgan fingerprint density at radius 1 is 1.47 bits per heavy atom. The van der Waals surface area contributed by atoms with E-state index in [1.54, 1.807) is 6.07 Å². The van der Waals surface area contributed by atoms with Crippen LogP contribution in [0, 0.1) is 0 Å². The van der Waals surface area contributed by atoms with E-state index in [4.69, 9.17) is 17.3 Å². The molecule has 0 bridgehead atoms. The predicted molar refractivity (Wildman–Crippen MR) is 74.6 cm³/mol. The summed E-state index contributed by atoms with van der Waals surface area (Å²) in [5, 5.41) is 4.05. The summed E-state index contributed by atoms with van der Waals surface area (Å²) in [4.78, 5) is 2.51. The second kappa shape index (κ2) is 5.61. The highest BCUT2D eigenvalue weighted by Crippen LogP contribution is 2.27. The number of anilines is 2. The minimum atomic E-state index is 0.694. The number of halogens is 1. The molecule has 2 rings (SSSR count). The van der Waals surface area contributed by atoms with E-state index in [2.05, 4.69) is 17.1 Å². The van der Waals surface area contributed by atoms with Crippen LogP contribution in [0.25, 0.3) is 0 Å². The molecule has 0 radical (unpaired) electrons. The lowest BCUT2D eigenvalue weighted by atomic mass is 10.3. The lowest BCUT2D eigenvalue weighted by molar-refractivity contribution is 0.289. The monoisotopic (exact) mass is 253 g/mol. The second-order valence-electron chi connectivity index (χ2n) is 4.53. The highest BCUT2D eigenvalue weighted by atomic mass is 35.5. The van der Waals surface area contributed by atoms with E-state index < -0.39 is 0 Å². The van der Waals surface area contributed by atoms with Crippen LogP contribution >= 0.6 is 11.6 Å². The molecule has 1 aliphatic carbocycles. The van der Waals surface area contributed by atoms with Crippen molar-refractivity contribution < 1.29 is 0 Å². The Balaban J connectivity index is 1.80. The van der Waals surface area contributed by atoms with Crippen molar-refractivity contribution in [1.29, 1.82) is 0 Å². The van der Waals surface area contributed by atoms with Crippen molar-refractivity contribution in [3.05, 3.63) is 23.2 Å². The molecule has 94 valence electrons. The fourth-order valence-corrected chi connectivity index (χ4v) is 2.30. The van der Waals surface area contributed by atoms with Gasteiger partial charge in [-0.05, 0) is 37.6 Å². The molecule has 0 aliphatic heterocycles. The second-order valence-corrected chi connectivity index (χ2v) is 4.93. The summed E-state index contributed by atoms with van der Waals surface area (Å²) >= 11 is 6.10. The number of rotatable bonds is 6. The van der Waals surface area contributed by atoms with Crippen LogP contribution in [0.3, 0.4) is 0 Å². The van der Waals surface area contributed by atoms with Crippen molar-refractivity contribution in [1.82, 2.24) is 4.90 Å². The third-order valence-corrected chi connectivity index (χ3v) is 3.49. The van der Waals surface area contributed by atoms with E-state index >= 15 is 0 Å². The molecule has 0 spiro atoms. The molecule has 1 aliphatic rings. The van der Waals surface area contributed by atoms with Crippen molar-refractivity contribution in [3.8, 4) is 0 Å². The van der Waals surface area contributed by atoms with Crippen molar-refractivity contribution in [2.75, 3.05) is 30.7 Å². The fourth-order valence-electron chi connectivity index (χ4n) is 2.05. The van der Waals surface area contributed by atoms with Crippen LogP contribution in [0.2, 0.25) is 5.02 Å². The molecular weight excluding hydrogens is 234 g/mol. The number of hydrogen-bond donors (Lipinski definition) is 2.